The molecule has 0 bridgehead atoms. The number of nitro benzene ring substituents is 1. The van der Waals surface area contributed by atoms with Gasteiger partial charge in [0.2, 0.25) is 0 Å². The Hall–Kier alpha value is -3.42. The van der Waals surface area contributed by atoms with Gasteiger partial charge in [0, 0.05) is 24.4 Å². The summed E-state index contributed by atoms with van der Waals surface area (Å²) in [5.41, 5.74) is 0.827. The molecule has 1 aromatic heterocycles. The van der Waals surface area contributed by atoms with Gasteiger partial charge in [0.05, 0.1) is 15.7 Å². The van der Waals surface area contributed by atoms with Crippen LogP contribution in [-0.4, -0.2) is 15.1 Å². The van der Waals surface area contributed by atoms with Crippen LogP contribution in [0.15, 0.2) is 52.1 Å². The number of aromatic nitrogens is 2. The van der Waals surface area contributed by atoms with E-state index >= 15 is 0 Å². The van der Waals surface area contributed by atoms with Crippen LogP contribution in [0.25, 0.3) is 10.8 Å². The highest BCUT2D eigenvalue weighted by Gasteiger charge is 2.06. The summed E-state index contributed by atoms with van der Waals surface area (Å²) in [7, 11) is 0. The monoisotopic (exact) mass is 312 g/mol. The Morgan fingerprint density at radius 1 is 0.957 bits per heavy atom. The first-order chi connectivity index (χ1) is 11.0. The Labute approximate surface area is 128 Å². The van der Waals surface area contributed by atoms with Gasteiger partial charge in [-0.3, -0.25) is 29.9 Å². The molecule has 0 aliphatic heterocycles. The topological polar surface area (TPSA) is 121 Å². The van der Waals surface area contributed by atoms with E-state index in [4.69, 9.17) is 0 Å². The van der Waals surface area contributed by atoms with E-state index in [1.54, 1.807) is 30.3 Å². The standard InChI is InChI=1S/C15H12N4O4/c20-14-12-6-3-10(7-13(12)15(21)18-17-14)16-8-9-1-4-11(5-2-9)19(22)23/h1-7,16H,8H2,(H,17,20)(H,18,21). The van der Waals surface area contributed by atoms with Gasteiger partial charge in [-0.1, -0.05) is 12.1 Å². The molecule has 0 aliphatic rings. The molecule has 0 fully saturated rings. The van der Waals surface area contributed by atoms with E-state index in [2.05, 4.69) is 15.5 Å². The van der Waals surface area contributed by atoms with Gasteiger partial charge in [0.25, 0.3) is 16.8 Å². The Morgan fingerprint density at radius 2 is 1.61 bits per heavy atom. The molecule has 23 heavy (non-hydrogen) atoms. The smallest absolute Gasteiger partial charge is 0.270 e. The van der Waals surface area contributed by atoms with E-state index in [-0.39, 0.29) is 16.8 Å². The van der Waals surface area contributed by atoms with Gasteiger partial charge >= 0.3 is 0 Å². The minimum atomic E-state index is -0.454. The Kier molecular flexibility index (Phi) is 3.63. The van der Waals surface area contributed by atoms with E-state index in [9.17, 15) is 19.7 Å². The normalized spacial score (nSPS) is 10.6. The minimum absolute atomic E-state index is 0.0326. The van der Waals surface area contributed by atoms with Crippen LogP contribution in [0.2, 0.25) is 0 Å². The molecule has 8 nitrogen and oxygen atoms in total. The quantitative estimate of drug-likeness (QED) is 0.500. The molecular formula is C15H12N4O4. The van der Waals surface area contributed by atoms with Crippen molar-refractivity contribution < 1.29 is 4.92 Å². The summed E-state index contributed by atoms with van der Waals surface area (Å²) >= 11 is 0. The van der Waals surface area contributed by atoms with Gasteiger partial charge in [-0.05, 0) is 23.8 Å². The molecule has 0 saturated heterocycles. The van der Waals surface area contributed by atoms with Crippen molar-refractivity contribution in [1.82, 2.24) is 10.2 Å². The first-order valence-electron chi connectivity index (χ1n) is 6.76. The number of nitrogens with one attached hydrogen (secondary N) is 3. The highest BCUT2D eigenvalue weighted by molar-refractivity contribution is 5.83. The summed E-state index contributed by atoms with van der Waals surface area (Å²) in [6, 6.07) is 11.0. The summed E-state index contributed by atoms with van der Waals surface area (Å²) in [4.78, 5) is 33.5. The second-order valence-corrected chi connectivity index (χ2v) is 4.95. The predicted molar refractivity (Wildman–Crippen MR) is 85.6 cm³/mol. The van der Waals surface area contributed by atoms with Crippen molar-refractivity contribution in [2.45, 2.75) is 6.54 Å². The number of aromatic amines is 2. The molecule has 1 heterocycles. The lowest BCUT2D eigenvalue weighted by Crippen LogP contribution is -2.18. The Balaban J connectivity index is 1.82. The van der Waals surface area contributed by atoms with E-state index < -0.39 is 4.92 Å². The van der Waals surface area contributed by atoms with Gasteiger partial charge in [-0.15, -0.1) is 0 Å². The summed E-state index contributed by atoms with van der Waals surface area (Å²) in [6.07, 6.45) is 0. The minimum Gasteiger partial charge on any atom is -0.381 e. The van der Waals surface area contributed by atoms with Gasteiger partial charge in [0.15, 0.2) is 0 Å². The van der Waals surface area contributed by atoms with Gasteiger partial charge in [-0.25, -0.2) is 0 Å². The van der Waals surface area contributed by atoms with E-state index in [1.807, 2.05) is 0 Å². The van der Waals surface area contributed by atoms with Crippen LogP contribution < -0.4 is 16.4 Å². The number of non-ortho nitro benzene ring substituents is 1. The zero-order valence-corrected chi connectivity index (χ0v) is 11.8. The van der Waals surface area contributed by atoms with Crippen molar-refractivity contribution in [3.8, 4) is 0 Å². The number of nitrogens with zero attached hydrogens (tertiary/aromatic N) is 1. The third kappa shape index (κ3) is 2.95. The first-order valence-corrected chi connectivity index (χ1v) is 6.76. The molecule has 0 radical (unpaired) electrons. The number of fused-ring (bicyclic) bond motifs is 1. The number of hydrogen-bond donors (Lipinski definition) is 3. The lowest BCUT2D eigenvalue weighted by atomic mass is 10.1. The van der Waals surface area contributed by atoms with Crippen LogP contribution in [0.3, 0.4) is 0 Å². The fourth-order valence-electron chi connectivity index (χ4n) is 2.23. The number of nitro groups is 1. The molecule has 2 aromatic carbocycles. The third-order valence-electron chi connectivity index (χ3n) is 3.44. The molecule has 3 rings (SSSR count). The third-order valence-corrected chi connectivity index (χ3v) is 3.44. The average molecular weight is 312 g/mol. The molecule has 0 amide bonds. The lowest BCUT2D eigenvalue weighted by Gasteiger charge is -2.07. The maximum atomic E-state index is 11.7. The van der Waals surface area contributed by atoms with Crippen molar-refractivity contribution in [2.75, 3.05) is 5.32 Å². The fraction of sp³-hybridized carbons (Fsp3) is 0.0667. The number of rotatable bonds is 4. The molecule has 116 valence electrons. The maximum absolute atomic E-state index is 11.7. The maximum Gasteiger partial charge on any atom is 0.270 e. The van der Waals surface area contributed by atoms with Crippen molar-refractivity contribution in [2.24, 2.45) is 0 Å². The zero-order valence-electron chi connectivity index (χ0n) is 11.8. The molecular weight excluding hydrogens is 300 g/mol. The van der Waals surface area contributed by atoms with Crippen molar-refractivity contribution in [1.29, 1.82) is 0 Å². The molecule has 0 saturated carbocycles. The molecule has 3 aromatic rings. The van der Waals surface area contributed by atoms with E-state index in [0.29, 0.717) is 23.0 Å². The van der Waals surface area contributed by atoms with Crippen LogP contribution in [-0.2, 0) is 6.54 Å². The number of anilines is 1. The summed E-state index contributed by atoms with van der Waals surface area (Å²) in [6.45, 7) is 0.435. The van der Waals surface area contributed by atoms with Gasteiger partial charge in [0.1, 0.15) is 0 Å². The highest BCUT2D eigenvalue weighted by Crippen LogP contribution is 2.16. The van der Waals surface area contributed by atoms with Crippen molar-refractivity contribution in [3.05, 3.63) is 78.8 Å². The Morgan fingerprint density at radius 3 is 2.26 bits per heavy atom. The highest BCUT2D eigenvalue weighted by atomic mass is 16.6. The molecule has 8 heteroatoms. The molecule has 0 atom stereocenters. The van der Waals surface area contributed by atoms with Crippen LogP contribution in [0.5, 0.6) is 0 Å². The largest absolute Gasteiger partial charge is 0.381 e. The predicted octanol–water partition coefficient (Wildman–Crippen LogP) is 1.74. The van der Waals surface area contributed by atoms with Crippen molar-refractivity contribution in [3.63, 3.8) is 0 Å². The van der Waals surface area contributed by atoms with Crippen LogP contribution >= 0.6 is 0 Å². The van der Waals surface area contributed by atoms with Gasteiger partial charge < -0.3 is 5.32 Å². The van der Waals surface area contributed by atoms with Crippen LogP contribution in [0, 0.1) is 10.1 Å². The van der Waals surface area contributed by atoms with Crippen LogP contribution in [0.4, 0.5) is 11.4 Å². The average Bonchev–Trinajstić information content (AvgIpc) is 2.57. The fourth-order valence-corrected chi connectivity index (χ4v) is 2.23. The number of H-pyrrole nitrogens is 2. The summed E-state index contributed by atoms with van der Waals surface area (Å²) in [5, 5.41) is 18.9. The molecule has 0 unspecified atom stereocenters. The lowest BCUT2D eigenvalue weighted by molar-refractivity contribution is -0.384. The van der Waals surface area contributed by atoms with Crippen LogP contribution in [0.1, 0.15) is 5.56 Å². The van der Waals surface area contributed by atoms with Gasteiger partial charge in [-0.2, -0.15) is 0 Å². The van der Waals surface area contributed by atoms with Crippen molar-refractivity contribution >= 4 is 22.1 Å². The molecule has 0 aliphatic carbocycles. The Bertz CT molecular complexity index is 989. The first kappa shape index (κ1) is 14.5. The molecule has 3 N–H and O–H groups in total. The molecule has 0 spiro atoms. The van der Waals surface area contributed by atoms with E-state index in [0.717, 1.165) is 5.56 Å². The summed E-state index contributed by atoms with van der Waals surface area (Å²) < 4.78 is 0. The second-order valence-electron chi connectivity index (χ2n) is 4.95. The zero-order chi connectivity index (χ0) is 16.4. The number of benzene rings is 2. The summed E-state index contributed by atoms with van der Waals surface area (Å²) in [5.74, 6) is 0. The SMILES string of the molecule is O=c1[nH][nH]c(=O)c2cc(NCc3ccc([N+](=O)[O-])cc3)ccc12. The second kappa shape index (κ2) is 5.76. The van der Waals surface area contributed by atoms with E-state index in [1.165, 1.54) is 12.1 Å². The number of hydrogen-bond acceptors (Lipinski definition) is 5.